The van der Waals surface area contributed by atoms with Gasteiger partial charge in [0.15, 0.2) is 0 Å². The van der Waals surface area contributed by atoms with Crippen LogP contribution in [0.1, 0.15) is 202 Å². The van der Waals surface area contributed by atoms with Gasteiger partial charge >= 0.3 is 0 Å². The minimum atomic E-state index is 0.587. The highest BCUT2D eigenvalue weighted by atomic mass is 14.3. The van der Waals surface area contributed by atoms with Gasteiger partial charge in [-0.2, -0.15) is 0 Å². The van der Waals surface area contributed by atoms with Crippen molar-refractivity contribution in [3.8, 4) is 0 Å². The summed E-state index contributed by atoms with van der Waals surface area (Å²) >= 11 is 0. The Morgan fingerprint density at radius 1 is 0.351 bits per heavy atom. The molecule has 0 aliphatic heterocycles. The number of hydrogen-bond acceptors (Lipinski definition) is 0. The number of rotatable bonds is 14. The van der Waals surface area contributed by atoms with Crippen LogP contribution < -0.4 is 0 Å². The first-order chi connectivity index (χ1) is 17.6. The van der Waals surface area contributed by atoms with Gasteiger partial charge in [-0.1, -0.05) is 107 Å². The molecule has 37 heavy (non-hydrogen) atoms. The normalized spacial score (nSPS) is 16.8. The molecule has 0 heterocycles. The van der Waals surface area contributed by atoms with Crippen molar-refractivity contribution in [3.05, 3.63) is 68.8 Å². The van der Waals surface area contributed by atoms with E-state index in [1.807, 2.05) is 0 Å². The predicted octanol–water partition coefficient (Wildman–Crippen LogP) is 12.4. The summed E-state index contributed by atoms with van der Waals surface area (Å²) in [6, 6.07) is 10.5. The third-order valence-electron chi connectivity index (χ3n) is 9.93. The van der Waals surface area contributed by atoms with Crippen LogP contribution in [-0.2, 0) is 6.42 Å². The molecule has 6 atom stereocenters. The summed E-state index contributed by atoms with van der Waals surface area (Å²) in [4.78, 5) is 0. The Hall–Kier alpha value is -1.56. The summed E-state index contributed by atoms with van der Waals surface area (Å²) in [6.45, 7) is 28.7. The van der Waals surface area contributed by atoms with E-state index in [-0.39, 0.29) is 0 Å². The van der Waals surface area contributed by atoms with Gasteiger partial charge in [0, 0.05) is 0 Å². The Morgan fingerprint density at radius 3 is 0.811 bits per heavy atom. The van der Waals surface area contributed by atoms with Gasteiger partial charge in [-0.05, 0) is 125 Å². The van der Waals surface area contributed by atoms with Crippen molar-refractivity contribution in [1.29, 1.82) is 0 Å². The molecule has 0 aliphatic carbocycles. The van der Waals surface area contributed by atoms with Gasteiger partial charge in [0.05, 0.1) is 0 Å². The molecular formula is C37H60. The SMILES string of the molecule is CCC(C)c1cc(C(C)CC)c(C(C)CC)cc1Cc1cc(C(C)CC)c(C(C)CC)cc1C(C)CC. The smallest absolute Gasteiger partial charge is 0.00199 e. The summed E-state index contributed by atoms with van der Waals surface area (Å²) < 4.78 is 0. The lowest BCUT2D eigenvalue weighted by atomic mass is 9.77. The number of benzene rings is 2. The lowest BCUT2D eigenvalue weighted by molar-refractivity contribution is 0.659. The van der Waals surface area contributed by atoms with Crippen LogP contribution in [0.3, 0.4) is 0 Å². The minimum absolute atomic E-state index is 0.587. The summed E-state index contributed by atoms with van der Waals surface area (Å²) in [5, 5.41) is 0. The van der Waals surface area contributed by atoms with Crippen molar-refractivity contribution in [1.82, 2.24) is 0 Å². The van der Waals surface area contributed by atoms with E-state index < -0.39 is 0 Å². The molecule has 0 saturated carbocycles. The highest BCUT2D eigenvalue weighted by molar-refractivity contribution is 5.49. The van der Waals surface area contributed by atoms with Gasteiger partial charge in [-0.25, -0.2) is 0 Å². The van der Waals surface area contributed by atoms with E-state index in [1.54, 1.807) is 44.5 Å². The van der Waals surface area contributed by atoms with E-state index in [0.29, 0.717) is 35.5 Å². The Kier molecular flexibility index (Phi) is 12.5. The Bertz CT molecular complexity index is 901. The highest BCUT2D eigenvalue weighted by Gasteiger charge is 2.23. The lowest BCUT2D eigenvalue weighted by Gasteiger charge is -2.28. The first-order valence-corrected chi connectivity index (χ1v) is 15.9. The zero-order valence-electron chi connectivity index (χ0n) is 26.7. The van der Waals surface area contributed by atoms with E-state index in [2.05, 4.69) is 107 Å². The van der Waals surface area contributed by atoms with E-state index in [1.165, 1.54) is 38.5 Å². The molecule has 2 rings (SSSR count). The molecule has 0 nitrogen and oxygen atoms in total. The van der Waals surface area contributed by atoms with Crippen molar-refractivity contribution in [2.24, 2.45) is 0 Å². The molecule has 6 unspecified atom stereocenters. The molecule has 0 radical (unpaired) electrons. The zero-order valence-corrected chi connectivity index (χ0v) is 26.7. The fraction of sp³-hybridized carbons (Fsp3) is 0.676. The van der Waals surface area contributed by atoms with Crippen LogP contribution in [0.15, 0.2) is 24.3 Å². The molecule has 0 aliphatic rings. The van der Waals surface area contributed by atoms with Gasteiger partial charge in [0.2, 0.25) is 0 Å². The van der Waals surface area contributed by atoms with Gasteiger partial charge < -0.3 is 0 Å². The van der Waals surface area contributed by atoms with Crippen LogP contribution >= 0.6 is 0 Å². The largest absolute Gasteiger partial charge is 0.0648 e. The summed E-state index contributed by atoms with van der Waals surface area (Å²) in [7, 11) is 0. The Morgan fingerprint density at radius 2 is 0.568 bits per heavy atom. The molecule has 208 valence electrons. The quantitative estimate of drug-likeness (QED) is 0.240. The molecule has 0 fully saturated rings. The fourth-order valence-corrected chi connectivity index (χ4v) is 5.85. The van der Waals surface area contributed by atoms with Crippen molar-refractivity contribution in [2.45, 2.75) is 164 Å². The second-order valence-corrected chi connectivity index (χ2v) is 12.4. The van der Waals surface area contributed by atoms with Crippen LogP contribution in [0, 0.1) is 0 Å². The fourth-order valence-electron chi connectivity index (χ4n) is 5.85. The molecular weight excluding hydrogens is 444 g/mol. The maximum atomic E-state index is 2.64. The second kappa shape index (κ2) is 14.6. The van der Waals surface area contributed by atoms with Crippen LogP contribution in [-0.4, -0.2) is 0 Å². The van der Waals surface area contributed by atoms with Crippen molar-refractivity contribution in [2.75, 3.05) is 0 Å². The van der Waals surface area contributed by atoms with Gasteiger partial charge in [-0.3, -0.25) is 0 Å². The molecule has 0 saturated heterocycles. The minimum Gasteiger partial charge on any atom is -0.0648 e. The van der Waals surface area contributed by atoms with Crippen molar-refractivity contribution >= 4 is 0 Å². The molecule has 0 spiro atoms. The monoisotopic (exact) mass is 504 g/mol. The van der Waals surface area contributed by atoms with Crippen LogP contribution in [0.2, 0.25) is 0 Å². The molecule has 2 aromatic carbocycles. The average molecular weight is 505 g/mol. The predicted molar refractivity (Wildman–Crippen MR) is 168 cm³/mol. The molecule has 0 N–H and O–H groups in total. The standard InChI is InChI=1S/C37H60/c1-13-24(7)32-22-36(28(11)17-5)34(26(9)15-3)20-30(32)19-31-21-35(27(10)16-4)37(29(12)18-6)23-33(31)25(8)14-2/h20-29H,13-19H2,1-12H3. The maximum Gasteiger partial charge on any atom is -0.00199 e. The maximum absolute atomic E-state index is 2.64. The van der Waals surface area contributed by atoms with Crippen LogP contribution in [0.4, 0.5) is 0 Å². The van der Waals surface area contributed by atoms with Crippen molar-refractivity contribution < 1.29 is 0 Å². The molecule has 0 aromatic heterocycles. The Labute approximate surface area is 232 Å². The van der Waals surface area contributed by atoms with Gasteiger partial charge in [0.25, 0.3) is 0 Å². The highest BCUT2D eigenvalue weighted by Crippen LogP contribution is 2.40. The van der Waals surface area contributed by atoms with Crippen LogP contribution in [0.25, 0.3) is 0 Å². The average Bonchev–Trinajstić information content (AvgIpc) is 2.93. The first kappa shape index (κ1) is 31.7. The van der Waals surface area contributed by atoms with Crippen molar-refractivity contribution in [3.63, 3.8) is 0 Å². The molecule has 0 amide bonds. The van der Waals surface area contributed by atoms with E-state index in [4.69, 9.17) is 0 Å². The van der Waals surface area contributed by atoms with E-state index >= 15 is 0 Å². The summed E-state index contributed by atoms with van der Waals surface area (Å²) in [5.74, 6) is 3.61. The van der Waals surface area contributed by atoms with E-state index in [9.17, 15) is 0 Å². The zero-order chi connectivity index (χ0) is 27.9. The molecule has 0 heteroatoms. The summed E-state index contributed by atoms with van der Waals surface area (Å²) in [5.41, 5.74) is 12.7. The van der Waals surface area contributed by atoms with Gasteiger partial charge in [-0.15, -0.1) is 0 Å². The second-order valence-electron chi connectivity index (χ2n) is 12.4. The number of hydrogen-bond donors (Lipinski definition) is 0. The first-order valence-electron chi connectivity index (χ1n) is 15.9. The molecule has 0 bridgehead atoms. The molecule has 2 aromatic rings. The topological polar surface area (TPSA) is 0 Å². The Balaban J connectivity index is 2.84. The van der Waals surface area contributed by atoms with Crippen LogP contribution in [0.5, 0.6) is 0 Å². The summed E-state index contributed by atoms with van der Waals surface area (Å²) in [6.07, 6.45) is 8.26. The lowest BCUT2D eigenvalue weighted by Crippen LogP contribution is -2.12. The van der Waals surface area contributed by atoms with E-state index in [0.717, 1.165) is 6.42 Å². The third kappa shape index (κ3) is 7.30. The van der Waals surface area contributed by atoms with Gasteiger partial charge in [0.1, 0.15) is 0 Å². The third-order valence-corrected chi connectivity index (χ3v) is 9.93.